The van der Waals surface area contributed by atoms with Gasteiger partial charge in [0.15, 0.2) is 6.23 Å². The minimum absolute atomic E-state index is 0.000519. The van der Waals surface area contributed by atoms with Crippen LogP contribution in [0.5, 0.6) is 0 Å². The molecule has 0 spiro atoms. The zero-order chi connectivity index (χ0) is 13.3. The highest BCUT2D eigenvalue weighted by atomic mass is 35.5. The number of hydrogen-bond acceptors (Lipinski definition) is 7. The number of alkyl halides is 1. The van der Waals surface area contributed by atoms with E-state index in [9.17, 15) is 15.0 Å². The number of ether oxygens (including phenoxy) is 1. The quantitative estimate of drug-likeness (QED) is 0.572. The standard InChI is InChI=1S/C9H13ClN4O4/c10-3-9(4-15)5(16)1-7(18-9)14-8(17)13-6(11)2-12-14/h2,5,7,15-16H,1,3-4H2,(H2,11,13,17)/t5-,7+,9+/m0/s1. The maximum atomic E-state index is 11.6. The van der Waals surface area contributed by atoms with Crippen LogP contribution in [0.2, 0.25) is 0 Å². The smallest absolute Gasteiger partial charge is 0.368 e. The fourth-order valence-corrected chi connectivity index (χ4v) is 2.14. The summed E-state index contributed by atoms with van der Waals surface area (Å²) in [4.78, 5) is 15.1. The molecule has 0 bridgehead atoms. The Kier molecular flexibility index (Phi) is 3.53. The van der Waals surface area contributed by atoms with Gasteiger partial charge in [0.05, 0.1) is 24.8 Å². The molecular weight excluding hydrogens is 264 g/mol. The second-order valence-electron chi connectivity index (χ2n) is 4.09. The van der Waals surface area contributed by atoms with Gasteiger partial charge in [0.2, 0.25) is 0 Å². The minimum Gasteiger partial charge on any atom is -0.393 e. The van der Waals surface area contributed by atoms with Crippen LogP contribution >= 0.6 is 11.6 Å². The normalized spacial score (nSPS) is 31.7. The lowest BCUT2D eigenvalue weighted by Gasteiger charge is -2.27. The number of nitrogen functional groups attached to an aromatic ring is 1. The first-order valence-electron chi connectivity index (χ1n) is 5.26. The molecule has 1 saturated heterocycles. The van der Waals surface area contributed by atoms with Crippen molar-refractivity contribution < 1.29 is 14.9 Å². The monoisotopic (exact) mass is 276 g/mol. The van der Waals surface area contributed by atoms with Crippen LogP contribution in [0.15, 0.2) is 11.0 Å². The molecule has 18 heavy (non-hydrogen) atoms. The van der Waals surface area contributed by atoms with Crippen LogP contribution in [-0.4, -0.2) is 49.2 Å². The lowest BCUT2D eigenvalue weighted by Crippen LogP contribution is -2.45. The second kappa shape index (κ2) is 4.81. The highest BCUT2D eigenvalue weighted by molar-refractivity contribution is 6.18. The number of nitrogens with two attached hydrogens (primary N) is 1. The Balaban J connectivity index is 2.30. The molecule has 0 amide bonds. The molecule has 100 valence electrons. The Labute approximate surface area is 107 Å². The maximum Gasteiger partial charge on any atom is 0.368 e. The van der Waals surface area contributed by atoms with E-state index in [1.807, 2.05) is 0 Å². The first-order valence-corrected chi connectivity index (χ1v) is 5.80. The summed E-state index contributed by atoms with van der Waals surface area (Å²) in [7, 11) is 0. The highest BCUT2D eigenvalue weighted by Gasteiger charge is 2.48. The van der Waals surface area contributed by atoms with Gasteiger partial charge in [0.1, 0.15) is 11.4 Å². The summed E-state index contributed by atoms with van der Waals surface area (Å²) in [5.74, 6) is -0.0984. The number of aromatic nitrogens is 3. The van der Waals surface area contributed by atoms with E-state index in [0.29, 0.717) is 0 Å². The third-order valence-electron chi connectivity index (χ3n) is 2.90. The topological polar surface area (TPSA) is 123 Å². The van der Waals surface area contributed by atoms with Crippen molar-refractivity contribution in [2.24, 2.45) is 0 Å². The van der Waals surface area contributed by atoms with Crippen LogP contribution in [0.4, 0.5) is 5.82 Å². The van der Waals surface area contributed by atoms with E-state index in [0.717, 1.165) is 4.68 Å². The summed E-state index contributed by atoms with van der Waals surface area (Å²) in [6.07, 6.45) is -0.523. The molecule has 2 rings (SSSR count). The predicted octanol–water partition coefficient (Wildman–Crippen LogP) is -1.53. The number of rotatable bonds is 3. The molecule has 4 N–H and O–H groups in total. The number of halogens is 1. The molecule has 1 fully saturated rings. The van der Waals surface area contributed by atoms with E-state index in [-0.39, 0.29) is 18.1 Å². The van der Waals surface area contributed by atoms with Gasteiger partial charge in [-0.2, -0.15) is 14.8 Å². The van der Waals surface area contributed by atoms with Gasteiger partial charge in [-0.25, -0.2) is 4.79 Å². The summed E-state index contributed by atoms with van der Waals surface area (Å²) in [5.41, 5.74) is 3.35. The lowest BCUT2D eigenvalue weighted by atomic mass is 10.0. The summed E-state index contributed by atoms with van der Waals surface area (Å²) in [5, 5.41) is 22.9. The summed E-state index contributed by atoms with van der Waals surface area (Å²) in [6.45, 7) is -0.453. The van der Waals surface area contributed by atoms with Crippen molar-refractivity contribution in [1.29, 1.82) is 0 Å². The van der Waals surface area contributed by atoms with E-state index in [2.05, 4.69) is 10.1 Å². The van der Waals surface area contributed by atoms with Crippen molar-refractivity contribution in [3.63, 3.8) is 0 Å². The molecule has 1 aromatic rings. The van der Waals surface area contributed by atoms with Crippen molar-refractivity contribution in [2.45, 2.75) is 24.4 Å². The van der Waals surface area contributed by atoms with E-state index in [1.165, 1.54) is 6.20 Å². The molecule has 9 heteroatoms. The average molecular weight is 277 g/mol. The fraction of sp³-hybridized carbons (Fsp3) is 0.667. The van der Waals surface area contributed by atoms with Crippen LogP contribution in [0, 0.1) is 0 Å². The van der Waals surface area contributed by atoms with E-state index in [4.69, 9.17) is 22.1 Å². The van der Waals surface area contributed by atoms with Crippen molar-refractivity contribution in [1.82, 2.24) is 14.8 Å². The summed E-state index contributed by atoms with van der Waals surface area (Å²) in [6, 6.07) is 0. The largest absolute Gasteiger partial charge is 0.393 e. The number of aliphatic hydroxyl groups is 2. The molecule has 0 radical (unpaired) electrons. The Hall–Kier alpha value is -1.22. The number of hydrogen-bond donors (Lipinski definition) is 3. The van der Waals surface area contributed by atoms with Crippen molar-refractivity contribution >= 4 is 17.4 Å². The molecule has 0 aliphatic carbocycles. The van der Waals surface area contributed by atoms with E-state index < -0.39 is 30.2 Å². The molecule has 1 aliphatic rings. The number of nitrogens with zero attached hydrogens (tertiary/aromatic N) is 3. The van der Waals surface area contributed by atoms with E-state index >= 15 is 0 Å². The van der Waals surface area contributed by atoms with Crippen molar-refractivity contribution in [3.05, 3.63) is 16.7 Å². The molecule has 2 heterocycles. The van der Waals surface area contributed by atoms with Gasteiger partial charge in [-0.3, -0.25) is 0 Å². The van der Waals surface area contributed by atoms with Gasteiger partial charge in [-0.05, 0) is 0 Å². The molecule has 1 aromatic heterocycles. The van der Waals surface area contributed by atoms with Gasteiger partial charge in [-0.15, -0.1) is 11.6 Å². The Morgan fingerprint density at radius 2 is 2.44 bits per heavy atom. The molecule has 8 nitrogen and oxygen atoms in total. The van der Waals surface area contributed by atoms with Gasteiger partial charge >= 0.3 is 5.69 Å². The van der Waals surface area contributed by atoms with E-state index in [1.54, 1.807) is 0 Å². The Bertz CT molecular complexity index is 490. The van der Waals surface area contributed by atoms with Gasteiger partial charge in [0, 0.05) is 6.42 Å². The average Bonchev–Trinajstić information content (AvgIpc) is 2.67. The third-order valence-corrected chi connectivity index (χ3v) is 3.36. The first-order chi connectivity index (χ1) is 8.52. The molecule has 1 aliphatic heterocycles. The number of anilines is 1. The predicted molar refractivity (Wildman–Crippen MR) is 62.0 cm³/mol. The molecule has 3 atom stereocenters. The lowest BCUT2D eigenvalue weighted by molar-refractivity contribution is -0.117. The Morgan fingerprint density at radius 1 is 1.72 bits per heavy atom. The van der Waals surface area contributed by atoms with Gasteiger partial charge in [-0.1, -0.05) is 0 Å². The maximum absolute atomic E-state index is 11.6. The van der Waals surface area contributed by atoms with Gasteiger partial charge < -0.3 is 20.7 Å². The molecule has 0 aromatic carbocycles. The highest BCUT2D eigenvalue weighted by Crippen LogP contribution is 2.36. The van der Waals surface area contributed by atoms with Crippen LogP contribution in [0.3, 0.4) is 0 Å². The van der Waals surface area contributed by atoms with Crippen molar-refractivity contribution in [2.75, 3.05) is 18.2 Å². The second-order valence-corrected chi connectivity index (χ2v) is 4.36. The SMILES string of the molecule is Nc1cnn([C@H]2C[C@H](O)[C@](CO)(CCl)O2)c(=O)n1. The molecule has 0 saturated carbocycles. The third kappa shape index (κ3) is 2.07. The summed E-state index contributed by atoms with van der Waals surface area (Å²) < 4.78 is 6.42. The van der Waals surface area contributed by atoms with Crippen LogP contribution in [0.1, 0.15) is 12.6 Å². The molecular formula is C9H13ClN4O4. The van der Waals surface area contributed by atoms with Crippen molar-refractivity contribution in [3.8, 4) is 0 Å². The Morgan fingerprint density at radius 3 is 2.94 bits per heavy atom. The molecule has 0 unspecified atom stereocenters. The zero-order valence-electron chi connectivity index (χ0n) is 9.36. The number of aliphatic hydroxyl groups excluding tert-OH is 2. The van der Waals surface area contributed by atoms with Crippen LogP contribution in [-0.2, 0) is 4.74 Å². The minimum atomic E-state index is -1.28. The first kappa shape index (κ1) is 13.2. The van der Waals surface area contributed by atoms with Gasteiger partial charge in [0.25, 0.3) is 0 Å². The van der Waals surface area contributed by atoms with Crippen LogP contribution in [0.25, 0.3) is 0 Å². The fourth-order valence-electron chi connectivity index (χ4n) is 1.82. The summed E-state index contributed by atoms with van der Waals surface area (Å²) >= 11 is 5.69. The van der Waals surface area contributed by atoms with Crippen LogP contribution < -0.4 is 11.4 Å². The zero-order valence-corrected chi connectivity index (χ0v) is 10.1.